The Balaban J connectivity index is 1.85. The topological polar surface area (TPSA) is 24.5 Å². The molecule has 0 aromatic rings. The van der Waals surface area contributed by atoms with Crippen molar-refractivity contribution in [1.82, 2.24) is 10.2 Å². The maximum atomic E-state index is 5.52. The lowest BCUT2D eigenvalue weighted by atomic mass is 9.78. The van der Waals surface area contributed by atoms with Crippen molar-refractivity contribution in [3.05, 3.63) is 0 Å². The Morgan fingerprint density at radius 2 is 1.86 bits per heavy atom. The Morgan fingerprint density at radius 3 is 2.52 bits per heavy atom. The Bertz CT molecular complexity index is 289. The van der Waals surface area contributed by atoms with Crippen LogP contribution in [0.2, 0.25) is 0 Å². The van der Waals surface area contributed by atoms with Crippen molar-refractivity contribution in [2.24, 2.45) is 17.8 Å². The van der Waals surface area contributed by atoms with Crippen LogP contribution in [0.25, 0.3) is 0 Å². The van der Waals surface area contributed by atoms with Crippen LogP contribution in [-0.2, 0) is 4.74 Å². The summed E-state index contributed by atoms with van der Waals surface area (Å²) in [7, 11) is 0. The number of hydrogen-bond acceptors (Lipinski definition) is 3. The smallest absolute Gasteiger partial charge is 0.0594 e. The van der Waals surface area contributed by atoms with Gasteiger partial charge in [0.2, 0.25) is 0 Å². The molecule has 1 saturated carbocycles. The van der Waals surface area contributed by atoms with Crippen LogP contribution in [0.15, 0.2) is 0 Å². The van der Waals surface area contributed by atoms with Gasteiger partial charge in [-0.1, -0.05) is 40.5 Å². The molecule has 1 heterocycles. The van der Waals surface area contributed by atoms with Crippen molar-refractivity contribution >= 4 is 0 Å². The maximum Gasteiger partial charge on any atom is 0.0594 e. The molecule has 4 unspecified atom stereocenters. The molecule has 0 aromatic heterocycles. The van der Waals surface area contributed by atoms with E-state index in [1.54, 1.807) is 0 Å². The first kappa shape index (κ1) is 17.2. The molecule has 0 radical (unpaired) electrons. The molecule has 2 fully saturated rings. The van der Waals surface area contributed by atoms with Crippen LogP contribution in [0.4, 0.5) is 0 Å². The van der Waals surface area contributed by atoms with Crippen molar-refractivity contribution in [2.75, 3.05) is 32.8 Å². The van der Waals surface area contributed by atoms with Gasteiger partial charge < -0.3 is 10.1 Å². The normalized spacial score (nSPS) is 33.3. The van der Waals surface area contributed by atoms with Gasteiger partial charge in [-0.05, 0) is 30.6 Å². The summed E-state index contributed by atoms with van der Waals surface area (Å²) in [5, 5.41) is 3.92. The van der Waals surface area contributed by atoms with E-state index in [0.717, 1.165) is 56.6 Å². The van der Waals surface area contributed by atoms with Gasteiger partial charge in [-0.2, -0.15) is 0 Å². The summed E-state index contributed by atoms with van der Waals surface area (Å²) in [5.74, 6) is 2.47. The number of nitrogens with zero attached hydrogens (tertiary/aromatic N) is 1. The van der Waals surface area contributed by atoms with E-state index in [1.165, 1.54) is 25.7 Å². The third kappa shape index (κ3) is 5.22. The highest BCUT2D eigenvalue weighted by Crippen LogP contribution is 2.29. The van der Waals surface area contributed by atoms with Crippen LogP contribution < -0.4 is 5.32 Å². The molecule has 1 aliphatic carbocycles. The first-order valence-electron chi connectivity index (χ1n) is 9.13. The van der Waals surface area contributed by atoms with E-state index >= 15 is 0 Å². The summed E-state index contributed by atoms with van der Waals surface area (Å²) in [6.07, 6.45) is 5.47. The fourth-order valence-corrected chi connectivity index (χ4v) is 4.01. The van der Waals surface area contributed by atoms with Gasteiger partial charge >= 0.3 is 0 Å². The second-order valence-electron chi connectivity index (χ2n) is 7.71. The molecule has 3 nitrogen and oxygen atoms in total. The molecule has 2 aliphatic rings. The molecular formula is C18H36N2O. The molecule has 1 aliphatic heterocycles. The molecule has 0 amide bonds. The molecule has 0 bridgehead atoms. The van der Waals surface area contributed by atoms with Gasteiger partial charge in [0.25, 0.3) is 0 Å². The second-order valence-corrected chi connectivity index (χ2v) is 7.71. The van der Waals surface area contributed by atoms with Gasteiger partial charge in [-0.3, -0.25) is 4.90 Å². The zero-order valence-corrected chi connectivity index (χ0v) is 14.6. The van der Waals surface area contributed by atoms with Gasteiger partial charge in [0.1, 0.15) is 0 Å². The fraction of sp³-hybridized carbons (Fsp3) is 1.00. The van der Waals surface area contributed by atoms with Crippen LogP contribution >= 0.6 is 0 Å². The molecule has 1 N–H and O–H groups in total. The van der Waals surface area contributed by atoms with Crippen LogP contribution in [0.3, 0.4) is 0 Å². The quantitative estimate of drug-likeness (QED) is 0.815. The monoisotopic (exact) mass is 296 g/mol. The van der Waals surface area contributed by atoms with E-state index in [2.05, 4.69) is 37.9 Å². The molecule has 0 spiro atoms. The van der Waals surface area contributed by atoms with Gasteiger partial charge in [0.05, 0.1) is 13.2 Å². The third-order valence-corrected chi connectivity index (χ3v) is 5.63. The predicted molar refractivity (Wildman–Crippen MR) is 89.6 cm³/mol. The summed E-state index contributed by atoms with van der Waals surface area (Å²) in [5.41, 5.74) is 0. The lowest BCUT2D eigenvalue weighted by molar-refractivity contribution is 0.0107. The van der Waals surface area contributed by atoms with Crippen molar-refractivity contribution in [3.63, 3.8) is 0 Å². The minimum Gasteiger partial charge on any atom is -0.379 e. The molecule has 21 heavy (non-hydrogen) atoms. The average molecular weight is 296 g/mol. The summed E-state index contributed by atoms with van der Waals surface area (Å²) in [6.45, 7) is 14.7. The third-order valence-electron chi connectivity index (χ3n) is 5.63. The van der Waals surface area contributed by atoms with Gasteiger partial charge in [-0.25, -0.2) is 0 Å². The van der Waals surface area contributed by atoms with E-state index in [4.69, 9.17) is 4.74 Å². The van der Waals surface area contributed by atoms with Gasteiger partial charge in [0, 0.05) is 31.7 Å². The minimum absolute atomic E-state index is 0.679. The Hall–Kier alpha value is -0.120. The first-order valence-corrected chi connectivity index (χ1v) is 9.13. The molecule has 4 atom stereocenters. The number of hydrogen-bond donors (Lipinski definition) is 1. The van der Waals surface area contributed by atoms with Gasteiger partial charge in [0.15, 0.2) is 0 Å². The largest absolute Gasteiger partial charge is 0.379 e. The summed E-state index contributed by atoms with van der Waals surface area (Å²) >= 11 is 0. The number of ether oxygens (including phenoxy) is 1. The Morgan fingerprint density at radius 1 is 1.14 bits per heavy atom. The molecule has 1 saturated heterocycles. The average Bonchev–Trinajstić information content (AvgIpc) is 2.48. The van der Waals surface area contributed by atoms with E-state index in [9.17, 15) is 0 Å². The highest BCUT2D eigenvalue weighted by atomic mass is 16.5. The zero-order valence-electron chi connectivity index (χ0n) is 14.6. The van der Waals surface area contributed by atoms with Crippen molar-refractivity contribution < 1.29 is 4.74 Å². The molecule has 2 rings (SSSR count). The van der Waals surface area contributed by atoms with Crippen LogP contribution in [0.1, 0.15) is 53.4 Å². The minimum atomic E-state index is 0.679. The fourth-order valence-electron chi connectivity index (χ4n) is 4.01. The van der Waals surface area contributed by atoms with E-state index < -0.39 is 0 Å². The van der Waals surface area contributed by atoms with Crippen molar-refractivity contribution in [2.45, 2.75) is 65.5 Å². The van der Waals surface area contributed by atoms with Crippen LogP contribution in [-0.4, -0.2) is 49.8 Å². The van der Waals surface area contributed by atoms with Crippen molar-refractivity contribution in [3.8, 4) is 0 Å². The first-order chi connectivity index (χ1) is 10.1. The van der Waals surface area contributed by atoms with Crippen LogP contribution in [0.5, 0.6) is 0 Å². The summed E-state index contributed by atoms with van der Waals surface area (Å²) in [4.78, 5) is 2.65. The van der Waals surface area contributed by atoms with Crippen molar-refractivity contribution in [1.29, 1.82) is 0 Å². The van der Waals surface area contributed by atoms with E-state index in [-0.39, 0.29) is 0 Å². The van der Waals surface area contributed by atoms with Gasteiger partial charge in [-0.15, -0.1) is 0 Å². The second kappa shape index (κ2) is 8.50. The zero-order chi connectivity index (χ0) is 15.2. The lowest BCUT2D eigenvalue weighted by Crippen LogP contribution is -2.51. The van der Waals surface area contributed by atoms with E-state index in [1.807, 2.05) is 0 Å². The lowest BCUT2D eigenvalue weighted by Gasteiger charge is -2.39. The molecule has 124 valence electrons. The maximum absolute atomic E-state index is 5.52. The molecular weight excluding hydrogens is 260 g/mol. The highest BCUT2D eigenvalue weighted by Gasteiger charge is 2.28. The molecule has 0 aromatic carbocycles. The summed E-state index contributed by atoms with van der Waals surface area (Å²) in [6, 6.07) is 1.41. The van der Waals surface area contributed by atoms with Crippen LogP contribution in [0, 0.1) is 17.8 Å². The predicted octanol–water partition coefficient (Wildman–Crippen LogP) is 3.15. The number of morpholine rings is 1. The number of nitrogens with one attached hydrogen (secondary N) is 1. The number of rotatable bonds is 6. The SMILES string of the molecule is CC(C)CC(CNC1CCCC(C)C1C)N1CCOCC1. The Labute approximate surface area is 131 Å². The standard InChI is InChI=1S/C18H36N2O/c1-14(2)12-17(20-8-10-21-11-9-20)13-19-18-7-5-6-15(3)16(18)4/h14-19H,5-13H2,1-4H3. The van der Waals surface area contributed by atoms with E-state index in [0.29, 0.717) is 6.04 Å². The highest BCUT2D eigenvalue weighted by molar-refractivity contribution is 4.85. The summed E-state index contributed by atoms with van der Waals surface area (Å²) < 4.78 is 5.52. The Kier molecular flexibility index (Phi) is 6.97. The molecule has 3 heteroatoms.